The molecule has 1 rings (SSSR count). The van der Waals surface area contributed by atoms with Crippen LogP contribution in [0.15, 0.2) is 16.6 Å². The van der Waals surface area contributed by atoms with Crippen molar-refractivity contribution in [1.29, 1.82) is 0 Å². The van der Waals surface area contributed by atoms with E-state index in [-0.39, 0.29) is 11.7 Å². The summed E-state index contributed by atoms with van der Waals surface area (Å²) in [5.74, 6) is 0.00613. The monoisotopic (exact) mass is 300 g/mol. The van der Waals surface area contributed by atoms with E-state index < -0.39 is 0 Å². The van der Waals surface area contributed by atoms with Gasteiger partial charge in [0.15, 0.2) is 0 Å². The van der Waals surface area contributed by atoms with Crippen LogP contribution in [-0.4, -0.2) is 17.6 Å². The first-order chi connectivity index (χ1) is 8.08. The number of amides is 1. The summed E-state index contributed by atoms with van der Waals surface area (Å²) in [5.41, 5.74) is 6.67. The van der Waals surface area contributed by atoms with Crippen molar-refractivity contribution in [3.63, 3.8) is 0 Å². The van der Waals surface area contributed by atoms with E-state index in [1.807, 2.05) is 6.07 Å². The predicted octanol–water partition coefficient (Wildman–Crippen LogP) is 2.39. The van der Waals surface area contributed by atoms with Gasteiger partial charge in [-0.1, -0.05) is 22.9 Å². The Labute approximate surface area is 109 Å². The molecule has 0 bridgehead atoms. The number of carbonyl (C=O) groups excluding carboxylic acids is 1. The van der Waals surface area contributed by atoms with Gasteiger partial charge >= 0.3 is 0 Å². The molecule has 0 spiro atoms. The van der Waals surface area contributed by atoms with E-state index >= 15 is 0 Å². The minimum absolute atomic E-state index is 0.122. The largest absolute Gasteiger partial charge is 0.505 e. The summed E-state index contributed by atoms with van der Waals surface area (Å²) >= 11 is 3.36. The lowest BCUT2D eigenvalue weighted by Crippen LogP contribution is -2.10. The second kappa shape index (κ2) is 6.61. The molecular weight excluding hydrogens is 284 g/mol. The van der Waals surface area contributed by atoms with Crippen LogP contribution >= 0.6 is 15.9 Å². The highest BCUT2D eigenvalue weighted by molar-refractivity contribution is 9.10. The van der Waals surface area contributed by atoms with E-state index in [0.29, 0.717) is 25.1 Å². The molecule has 0 fully saturated rings. The molecule has 0 saturated carbocycles. The zero-order valence-electron chi connectivity index (χ0n) is 9.79. The number of benzene rings is 1. The van der Waals surface area contributed by atoms with Gasteiger partial charge in [-0.15, -0.1) is 0 Å². The number of carbonyl (C=O) groups is 1. The van der Waals surface area contributed by atoms with Crippen LogP contribution < -0.4 is 11.1 Å². The number of nitrogens with one attached hydrogen (secondary N) is 1. The molecule has 17 heavy (non-hydrogen) atoms. The van der Waals surface area contributed by atoms with Gasteiger partial charge in [0.25, 0.3) is 0 Å². The Kier molecular flexibility index (Phi) is 5.44. The summed E-state index contributed by atoms with van der Waals surface area (Å²) in [6.45, 7) is 2.34. The van der Waals surface area contributed by atoms with Gasteiger partial charge in [-0.2, -0.15) is 0 Å². The van der Waals surface area contributed by atoms with Crippen LogP contribution in [0.5, 0.6) is 5.75 Å². The molecule has 1 aromatic rings. The minimum Gasteiger partial charge on any atom is -0.505 e. The van der Waals surface area contributed by atoms with Crippen molar-refractivity contribution in [3.05, 3.63) is 22.2 Å². The molecule has 0 unspecified atom stereocenters. The number of anilines is 1. The molecule has 0 aliphatic rings. The maximum atomic E-state index is 11.3. The smallest absolute Gasteiger partial charge is 0.224 e. The Bertz CT molecular complexity index is 408. The fourth-order valence-corrected chi connectivity index (χ4v) is 1.98. The number of aryl methyl sites for hydroxylation is 1. The number of aromatic hydroxyl groups is 1. The normalized spacial score (nSPS) is 10.3. The molecule has 0 saturated heterocycles. The average molecular weight is 301 g/mol. The lowest BCUT2D eigenvalue weighted by molar-refractivity contribution is -0.115. The second-order valence-electron chi connectivity index (χ2n) is 3.76. The van der Waals surface area contributed by atoms with Gasteiger partial charge in [0.1, 0.15) is 5.75 Å². The summed E-state index contributed by atoms with van der Waals surface area (Å²) in [6.07, 6.45) is 1.87. The van der Waals surface area contributed by atoms with Crippen LogP contribution in [0, 0.1) is 0 Å². The third-order valence-corrected chi connectivity index (χ3v) is 2.86. The highest BCUT2D eigenvalue weighted by Gasteiger charge is 2.10. The van der Waals surface area contributed by atoms with Crippen molar-refractivity contribution in [2.75, 3.05) is 11.9 Å². The minimum atomic E-state index is -0.122. The van der Waals surface area contributed by atoms with Gasteiger partial charge in [0.05, 0.1) is 5.69 Å². The maximum Gasteiger partial charge on any atom is 0.224 e. The first kappa shape index (κ1) is 14.0. The third kappa shape index (κ3) is 4.02. The fourth-order valence-electron chi connectivity index (χ4n) is 1.47. The standard InChI is InChI=1S/C12H17BrN2O2/c1-2-11(16)15-10-7-9(13)6-8(12(10)17)4-3-5-14/h6-7,17H,2-5,14H2,1H3,(H,15,16). The molecular formula is C12H17BrN2O2. The highest BCUT2D eigenvalue weighted by Crippen LogP contribution is 2.32. The second-order valence-corrected chi connectivity index (χ2v) is 4.67. The van der Waals surface area contributed by atoms with Crippen LogP contribution in [0.25, 0.3) is 0 Å². The van der Waals surface area contributed by atoms with Crippen molar-refractivity contribution >= 4 is 27.5 Å². The molecule has 1 aromatic carbocycles. The zero-order valence-corrected chi connectivity index (χ0v) is 11.4. The first-order valence-corrected chi connectivity index (χ1v) is 6.39. The van der Waals surface area contributed by atoms with Gasteiger partial charge in [0.2, 0.25) is 5.91 Å². The van der Waals surface area contributed by atoms with Gasteiger partial charge in [0, 0.05) is 10.9 Å². The van der Waals surface area contributed by atoms with Gasteiger partial charge in [-0.3, -0.25) is 4.79 Å². The lowest BCUT2D eigenvalue weighted by Gasteiger charge is -2.11. The summed E-state index contributed by atoms with van der Waals surface area (Å²) < 4.78 is 0.828. The van der Waals surface area contributed by atoms with E-state index in [9.17, 15) is 9.90 Å². The van der Waals surface area contributed by atoms with Gasteiger partial charge in [-0.05, 0) is 37.1 Å². The summed E-state index contributed by atoms with van der Waals surface area (Å²) in [6, 6.07) is 3.53. The van der Waals surface area contributed by atoms with Gasteiger partial charge < -0.3 is 16.2 Å². The molecule has 0 atom stereocenters. The first-order valence-electron chi connectivity index (χ1n) is 5.59. The molecule has 0 radical (unpaired) electrons. The van der Waals surface area contributed by atoms with Gasteiger partial charge in [-0.25, -0.2) is 0 Å². The van der Waals surface area contributed by atoms with E-state index in [1.54, 1.807) is 13.0 Å². The summed E-state index contributed by atoms with van der Waals surface area (Å²) in [7, 11) is 0. The molecule has 0 heterocycles. The average Bonchev–Trinajstić information content (AvgIpc) is 2.31. The van der Waals surface area contributed by atoms with Crippen LogP contribution in [-0.2, 0) is 11.2 Å². The topological polar surface area (TPSA) is 75.4 Å². The quantitative estimate of drug-likeness (QED) is 0.731. The number of phenols is 1. The van der Waals surface area contributed by atoms with Crippen LogP contribution in [0.1, 0.15) is 25.3 Å². The maximum absolute atomic E-state index is 11.3. The molecule has 0 aromatic heterocycles. The fraction of sp³-hybridized carbons (Fsp3) is 0.417. The Morgan fingerprint density at radius 2 is 2.24 bits per heavy atom. The summed E-state index contributed by atoms with van der Waals surface area (Å²) in [5, 5.41) is 12.7. The molecule has 4 nitrogen and oxygen atoms in total. The highest BCUT2D eigenvalue weighted by atomic mass is 79.9. The van der Waals surface area contributed by atoms with Crippen LogP contribution in [0.2, 0.25) is 0 Å². The Morgan fingerprint density at radius 3 is 2.82 bits per heavy atom. The van der Waals surface area contributed by atoms with Crippen LogP contribution in [0.4, 0.5) is 5.69 Å². The Balaban J connectivity index is 2.96. The molecule has 5 heteroatoms. The van der Waals surface area contributed by atoms with Crippen molar-refractivity contribution in [2.24, 2.45) is 5.73 Å². The lowest BCUT2D eigenvalue weighted by atomic mass is 10.1. The van der Waals surface area contributed by atoms with Crippen molar-refractivity contribution in [1.82, 2.24) is 0 Å². The number of phenolic OH excluding ortho intramolecular Hbond substituents is 1. The zero-order chi connectivity index (χ0) is 12.8. The van der Waals surface area contributed by atoms with Crippen molar-refractivity contribution in [2.45, 2.75) is 26.2 Å². The third-order valence-electron chi connectivity index (χ3n) is 2.40. The molecule has 4 N–H and O–H groups in total. The number of halogens is 1. The van der Waals surface area contributed by atoms with Crippen LogP contribution in [0.3, 0.4) is 0 Å². The van der Waals surface area contributed by atoms with Crippen molar-refractivity contribution < 1.29 is 9.90 Å². The number of hydrogen-bond donors (Lipinski definition) is 3. The number of rotatable bonds is 5. The predicted molar refractivity (Wildman–Crippen MR) is 72.1 cm³/mol. The van der Waals surface area contributed by atoms with E-state index in [4.69, 9.17) is 5.73 Å². The Hall–Kier alpha value is -1.07. The summed E-state index contributed by atoms with van der Waals surface area (Å²) in [4.78, 5) is 11.3. The number of nitrogens with two attached hydrogens (primary N) is 1. The van der Waals surface area contributed by atoms with E-state index in [0.717, 1.165) is 16.5 Å². The molecule has 0 aliphatic carbocycles. The number of hydrogen-bond acceptors (Lipinski definition) is 3. The van der Waals surface area contributed by atoms with Crippen molar-refractivity contribution in [3.8, 4) is 5.75 Å². The SMILES string of the molecule is CCC(=O)Nc1cc(Br)cc(CCCN)c1O. The molecule has 94 valence electrons. The van der Waals surface area contributed by atoms with E-state index in [2.05, 4.69) is 21.2 Å². The van der Waals surface area contributed by atoms with E-state index in [1.165, 1.54) is 0 Å². The molecule has 0 aliphatic heterocycles. The Morgan fingerprint density at radius 1 is 1.53 bits per heavy atom. The molecule has 1 amide bonds.